The number of fused-ring (bicyclic) bond motifs is 1. The number of hydrogen-bond acceptors (Lipinski definition) is 2. The van der Waals surface area contributed by atoms with Crippen molar-refractivity contribution < 1.29 is 0 Å². The predicted octanol–water partition coefficient (Wildman–Crippen LogP) is 5.01. The van der Waals surface area contributed by atoms with Crippen molar-refractivity contribution in [3.05, 3.63) is 77.6 Å². The van der Waals surface area contributed by atoms with Gasteiger partial charge in [0.15, 0.2) is 0 Å². The van der Waals surface area contributed by atoms with Crippen LogP contribution in [0.3, 0.4) is 0 Å². The molecule has 0 saturated carbocycles. The van der Waals surface area contributed by atoms with Gasteiger partial charge in [0, 0.05) is 30.7 Å². The summed E-state index contributed by atoms with van der Waals surface area (Å²) in [6.45, 7) is 4.07. The number of aromatic amines is 1. The zero-order valence-electron chi connectivity index (χ0n) is 15.7. The second kappa shape index (κ2) is 7.76. The van der Waals surface area contributed by atoms with Crippen LogP contribution in [0.1, 0.15) is 30.8 Å². The van der Waals surface area contributed by atoms with Crippen LogP contribution in [0.4, 0.5) is 5.69 Å². The minimum Gasteiger partial charge on any atom is -0.378 e. The van der Waals surface area contributed by atoms with Gasteiger partial charge in [-0.3, -0.25) is 0 Å². The first-order valence-corrected chi connectivity index (χ1v) is 8.66. The summed E-state index contributed by atoms with van der Waals surface area (Å²) in [4.78, 5) is 10.1. The number of H-pyrrole nitrogens is 1. The molecule has 0 fully saturated rings. The number of benzene rings is 1. The third-order valence-corrected chi connectivity index (χ3v) is 4.15. The lowest BCUT2D eigenvalue weighted by molar-refractivity contribution is 1.13. The number of hydrogen-bond donors (Lipinski definition) is 1. The quantitative estimate of drug-likeness (QED) is 0.536. The summed E-state index contributed by atoms with van der Waals surface area (Å²) < 4.78 is 0. The molecule has 0 bridgehead atoms. The van der Waals surface area contributed by atoms with Crippen LogP contribution in [0, 0.1) is 11.8 Å². The molecule has 26 heavy (non-hydrogen) atoms. The molecule has 130 valence electrons. The topological polar surface area (TPSA) is 31.9 Å². The summed E-state index contributed by atoms with van der Waals surface area (Å²) in [6, 6.07) is 14.4. The fraction of sp³-hybridized carbons (Fsp3) is 0.174. The standard InChI is InChI=1S/C23H23N3/c1-5-6-7-17(2)22-15-11-19-16-20(24-23(19)25-22)12-8-18-9-13-21(14-10-18)26(3)4/h5-7,9-11,13-16H,1-4H3,(H,24,25)/b6-5-,17-7+. The molecular formula is C23H23N3. The number of allylic oxidation sites excluding steroid dienone is 4. The van der Waals surface area contributed by atoms with E-state index in [0.717, 1.165) is 33.6 Å². The van der Waals surface area contributed by atoms with E-state index in [0.29, 0.717) is 0 Å². The Kier molecular flexibility index (Phi) is 5.24. The van der Waals surface area contributed by atoms with Gasteiger partial charge < -0.3 is 9.88 Å². The Morgan fingerprint density at radius 1 is 1.08 bits per heavy atom. The van der Waals surface area contributed by atoms with Crippen molar-refractivity contribution in [2.45, 2.75) is 13.8 Å². The van der Waals surface area contributed by atoms with Crippen LogP contribution in [-0.4, -0.2) is 24.1 Å². The number of nitrogens with zero attached hydrogens (tertiary/aromatic N) is 2. The number of rotatable bonds is 3. The molecule has 3 nitrogen and oxygen atoms in total. The van der Waals surface area contributed by atoms with Crippen molar-refractivity contribution in [2.24, 2.45) is 0 Å². The van der Waals surface area contributed by atoms with Gasteiger partial charge in [-0.05, 0) is 67.8 Å². The summed E-state index contributed by atoms with van der Waals surface area (Å²) in [6.07, 6.45) is 6.10. The maximum absolute atomic E-state index is 4.70. The molecule has 0 aliphatic carbocycles. The highest BCUT2D eigenvalue weighted by atomic mass is 15.1. The SMILES string of the molecule is C/C=C\C=C(/C)c1ccc2cc(C#Cc3ccc(N(C)C)cc3)[nH]c2n1. The lowest BCUT2D eigenvalue weighted by Gasteiger charge is -2.11. The van der Waals surface area contributed by atoms with E-state index in [1.807, 2.05) is 57.4 Å². The number of nitrogens with one attached hydrogen (secondary N) is 1. The molecule has 1 aromatic carbocycles. The molecule has 3 heteroatoms. The normalized spacial score (nSPS) is 11.6. The lowest BCUT2D eigenvalue weighted by Crippen LogP contribution is -2.07. The molecule has 1 N–H and O–H groups in total. The number of anilines is 1. The molecule has 0 radical (unpaired) electrons. The van der Waals surface area contributed by atoms with Crippen molar-refractivity contribution in [2.75, 3.05) is 19.0 Å². The predicted molar refractivity (Wildman–Crippen MR) is 111 cm³/mol. The van der Waals surface area contributed by atoms with E-state index in [1.165, 1.54) is 5.69 Å². The summed E-state index contributed by atoms with van der Waals surface area (Å²) >= 11 is 0. The van der Waals surface area contributed by atoms with Crippen LogP contribution in [0.2, 0.25) is 0 Å². The van der Waals surface area contributed by atoms with Gasteiger partial charge in [0.25, 0.3) is 0 Å². The van der Waals surface area contributed by atoms with Crippen LogP contribution in [0.15, 0.2) is 60.7 Å². The molecule has 3 rings (SSSR count). The summed E-state index contributed by atoms with van der Waals surface area (Å²) in [5.74, 6) is 6.40. The van der Waals surface area contributed by atoms with Gasteiger partial charge in [-0.1, -0.05) is 24.1 Å². The average Bonchev–Trinajstić information content (AvgIpc) is 3.06. The highest BCUT2D eigenvalue weighted by molar-refractivity contribution is 5.80. The Labute approximate surface area is 155 Å². The maximum atomic E-state index is 4.70. The average molecular weight is 341 g/mol. The van der Waals surface area contributed by atoms with E-state index < -0.39 is 0 Å². The van der Waals surface area contributed by atoms with Crippen molar-refractivity contribution in [3.8, 4) is 11.8 Å². The molecule has 2 aromatic heterocycles. The van der Waals surface area contributed by atoms with Gasteiger partial charge in [0.1, 0.15) is 5.65 Å². The van der Waals surface area contributed by atoms with E-state index in [4.69, 9.17) is 4.98 Å². The lowest BCUT2D eigenvalue weighted by atomic mass is 10.1. The maximum Gasteiger partial charge on any atom is 0.138 e. The number of pyridine rings is 1. The van der Waals surface area contributed by atoms with Crippen molar-refractivity contribution in [1.82, 2.24) is 9.97 Å². The van der Waals surface area contributed by atoms with E-state index >= 15 is 0 Å². The van der Waals surface area contributed by atoms with Crippen molar-refractivity contribution >= 4 is 22.3 Å². The first kappa shape index (κ1) is 17.6. The summed E-state index contributed by atoms with van der Waals surface area (Å²) in [5, 5.41) is 1.07. The Morgan fingerprint density at radius 3 is 2.54 bits per heavy atom. The molecular weight excluding hydrogens is 318 g/mol. The summed E-state index contributed by atoms with van der Waals surface area (Å²) in [5.41, 5.74) is 6.00. The zero-order chi connectivity index (χ0) is 18.5. The molecule has 0 unspecified atom stereocenters. The Hall–Kier alpha value is -3.25. The molecule has 0 aliphatic rings. The zero-order valence-corrected chi connectivity index (χ0v) is 15.7. The Morgan fingerprint density at radius 2 is 1.85 bits per heavy atom. The fourth-order valence-electron chi connectivity index (χ4n) is 2.60. The van der Waals surface area contributed by atoms with Crippen molar-refractivity contribution in [1.29, 1.82) is 0 Å². The van der Waals surface area contributed by atoms with Gasteiger partial charge in [-0.2, -0.15) is 0 Å². The van der Waals surface area contributed by atoms with Crippen LogP contribution in [0.25, 0.3) is 16.6 Å². The molecule has 0 atom stereocenters. The van der Waals surface area contributed by atoms with Crippen molar-refractivity contribution in [3.63, 3.8) is 0 Å². The fourth-order valence-corrected chi connectivity index (χ4v) is 2.60. The molecule has 3 aromatic rings. The number of aromatic nitrogens is 2. The van der Waals surface area contributed by atoms with Crippen LogP contribution < -0.4 is 4.90 Å². The largest absolute Gasteiger partial charge is 0.378 e. The first-order chi connectivity index (χ1) is 12.6. The van der Waals surface area contributed by atoms with Gasteiger partial charge in [-0.25, -0.2) is 4.98 Å². The molecule has 0 aliphatic heterocycles. The molecule has 2 heterocycles. The third kappa shape index (κ3) is 4.04. The Balaban J connectivity index is 1.86. The molecule has 0 spiro atoms. The smallest absolute Gasteiger partial charge is 0.138 e. The highest BCUT2D eigenvalue weighted by Gasteiger charge is 2.03. The van der Waals surface area contributed by atoms with Gasteiger partial charge in [-0.15, -0.1) is 0 Å². The molecule has 0 saturated heterocycles. The molecule has 0 amide bonds. The second-order valence-corrected chi connectivity index (χ2v) is 6.38. The van der Waals surface area contributed by atoms with Gasteiger partial charge >= 0.3 is 0 Å². The third-order valence-electron chi connectivity index (χ3n) is 4.15. The van der Waals surface area contributed by atoms with Gasteiger partial charge in [0.2, 0.25) is 0 Å². The Bertz CT molecular complexity index is 1020. The van der Waals surface area contributed by atoms with Crippen LogP contribution in [-0.2, 0) is 0 Å². The first-order valence-electron chi connectivity index (χ1n) is 8.66. The minimum atomic E-state index is 0.864. The summed E-state index contributed by atoms with van der Waals surface area (Å²) in [7, 11) is 4.06. The van der Waals surface area contributed by atoms with E-state index in [9.17, 15) is 0 Å². The monoisotopic (exact) mass is 341 g/mol. The van der Waals surface area contributed by atoms with E-state index in [1.54, 1.807) is 0 Å². The van der Waals surface area contributed by atoms with Gasteiger partial charge in [0.05, 0.1) is 11.4 Å². The van der Waals surface area contributed by atoms with E-state index in [-0.39, 0.29) is 0 Å². The highest BCUT2D eigenvalue weighted by Crippen LogP contribution is 2.18. The van der Waals surface area contributed by atoms with Crippen LogP contribution in [0.5, 0.6) is 0 Å². The second-order valence-electron chi connectivity index (χ2n) is 6.38. The minimum absolute atomic E-state index is 0.864. The van der Waals surface area contributed by atoms with Crippen LogP contribution >= 0.6 is 0 Å². The van der Waals surface area contributed by atoms with E-state index in [2.05, 4.69) is 52.9 Å².